The van der Waals surface area contributed by atoms with Crippen LogP contribution in [0.3, 0.4) is 0 Å². The van der Waals surface area contributed by atoms with Gasteiger partial charge in [-0.3, -0.25) is 0 Å². The van der Waals surface area contributed by atoms with Crippen molar-refractivity contribution in [2.45, 2.75) is 65.5 Å². The van der Waals surface area contributed by atoms with Crippen molar-refractivity contribution in [3.63, 3.8) is 0 Å². The zero-order valence-electron chi connectivity index (χ0n) is 12.4. The smallest absolute Gasteiger partial charge is 0.169 e. The summed E-state index contributed by atoms with van der Waals surface area (Å²) in [7, 11) is 0. The van der Waals surface area contributed by atoms with E-state index in [1.54, 1.807) is 0 Å². The fourth-order valence-corrected chi connectivity index (χ4v) is 1.83. The highest BCUT2D eigenvalue weighted by molar-refractivity contribution is 5.12. The molecule has 0 aromatic heterocycles. The topological polar surface area (TPSA) is 72.3 Å². The largest absolute Gasteiger partial charge is 0.196 e. The summed E-state index contributed by atoms with van der Waals surface area (Å²) in [4.78, 5) is 0. The molecular weight excluding hydrogens is 224 g/mol. The minimum Gasteiger partial charge on any atom is -0.196 e. The van der Waals surface area contributed by atoms with Crippen LogP contribution in [0.5, 0.6) is 0 Å². The first-order chi connectivity index (χ1) is 8.34. The van der Waals surface area contributed by atoms with E-state index in [1.165, 1.54) is 0 Å². The molecule has 100 valence electrons. The van der Waals surface area contributed by atoms with Gasteiger partial charge in [0.05, 0.1) is 12.1 Å². The van der Waals surface area contributed by atoms with Crippen LogP contribution in [-0.4, -0.2) is 11.1 Å². The van der Waals surface area contributed by atoms with Crippen molar-refractivity contribution < 1.29 is 0 Å². The van der Waals surface area contributed by atoms with Crippen molar-refractivity contribution in [2.75, 3.05) is 0 Å². The quantitative estimate of drug-likeness (QED) is 0.664. The summed E-state index contributed by atoms with van der Waals surface area (Å²) in [5.41, 5.74) is -1.63. The van der Waals surface area contributed by atoms with Gasteiger partial charge in [0, 0.05) is 0 Å². The summed E-state index contributed by atoms with van der Waals surface area (Å²) in [5.74, 6) is 0.160. The molecule has 0 bridgehead atoms. The molecule has 18 heavy (non-hydrogen) atoms. The summed E-state index contributed by atoms with van der Waals surface area (Å²) in [6.07, 6.45) is 1.21. The predicted octanol–water partition coefficient (Wildman–Crippen LogP) is 4.10. The van der Waals surface area contributed by atoms with Gasteiger partial charge in [0.1, 0.15) is 0 Å². The molecule has 0 saturated carbocycles. The summed E-state index contributed by atoms with van der Waals surface area (Å²) < 4.78 is 0. The van der Waals surface area contributed by atoms with E-state index < -0.39 is 11.1 Å². The Kier molecular flexibility index (Phi) is 5.98. The van der Waals surface area contributed by atoms with Crippen LogP contribution >= 0.6 is 0 Å². The van der Waals surface area contributed by atoms with Crippen molar-refractivity contribution in [1.29, 1.82) is 10.5 Å². The fourth-order valence-electron chi connectivity index (χ4n) is 1.83. The molecule has 4 nitrogen and oxygen atoms in total. The second-order valence-electron chi connectivity index (χ2n) is 5.29. The first kappa shape index (κ1) is 16.6. The lowest BCUT2D eigenvalue weighted by Gasteiger charge is -2.28. The lowest BCUT2D eigenvalue weighted by atomic mass is 9.85. The van der Waals surface area contributed by atoms with Crippen molar-refractivity contribution in [1.82, 2.24) is 0 Å². The van der Waals surface area contributed by atoms with Gasteiger partial charge in [0.15, 0.2) is 11.1 Å². The fraction of sp³-hybridized carbons (Fsp3) is 0.857. The van der Waals surface area contributed by atoms with Crippen molar-refractivity contribution in [3.05, 3.63) is 0 Å². The SMILES string of the molecule is CCC(C#N)(N=NC(C#N)(CC)C(C)C)C(C)C. The standard InChI is InChI=1S/C14H24N4/c1-7-13(9-15,11(3)4)17-18-14(8-2,10-16)12(5)6/h11-12H,7-8H2,1-6H3. The number of hydrogen-bond donors (Lipinski definition) is 0. The number of rotatable bonds is 6. The van der Waals surface area contributed by atoms with Crippen LogP contribution in [0.4, 0.5) is 0 Å². The average molecular weight is 248 g/mol. The highest BCUT2D eigenvalue weighted by atomic mass is 15.2. The molecule has 0 aromatic carbocycles. The molecular formula is C14H24N4. The molecule has 0 saturated heterocycles. The normalized spacial score (nSPS) is 18.3. The molecule has 0 fully saturated rings. The van der Waals surface area contributed by atoms with Crippen LogP contribution in [-0.2, 0) is 0 Å². The maximum atomic E-state index is 9.34. The Hall–Kier alpha value is -1.42. The highest BCUT2D eigenvalue weighted by Crippen LogP contribution is 2.31. The molecule has 2 atom stereocenters. The van der Waals surface area contributed by atoms with E-state index in [0.29, 0.717) is 12.8 Å². The maximum absolute atomic E-state index is 9.34. The van der Waals surface area contributed by atoms with Gasteiger partial charge in [0.25, 0.3) is 0 Å². The summed E-state index contributed by atoms with van der Waals surface area (Å²) in [6, 6.07) is 4.51. The third kappa shape index (κ3) is 3.07. The Balaban J connectivity index is 5.46. The van der Waals surface area contributed by atoms with Gasteiger partial charge in [-0.25, -0.2) is 0 Å². The number of nitrogens with zero attached hydrogens (tertiary/aromatic N) is 4. The highest BCUT2D eigenvalue weighted by Gasteiger charge is 2.36. The Morgan fingerprint density at radius 3 is 1.22 bits per heavy atom. The monoisotopic (exact) mass is 248 g/mol. The molecule has 0 N–H and O–H groups in total. The van der Waals surface area contributed by atoms with Gasteiger partial charge in [0.2, 0.25) is 0 Å². The van der Waals surface area contributed by atoms with E-state index in [9.17, 15) is 10.5 Å². The number of azo groups is 1. The third-order valence-electron chi connectivity index (χ3n) is 3.78. The average Bonchev–Trinajstić information content (AvgIpc) is 2.35. The predicted molar refractivity (Wildman–Crippen MR) is 71.8 cm³/mol. The van der Waals surface area contributed by atoms with E-state index in [4.69, 9.17) is 0 Å². The van der Waals surface area contributed by atoms with Crippen molar-refractivity contribution in [3.8, 4) is 12.1 Å². The molecule has 2 unspecified atom stereocenters. The van der Waals surface area contributed by atoms with Crippen LogP contribution in [0, 0.1) is 34.5 Å². The first-order valence-electron chi connectivity index (χ1n) is 6.60. The zero-order valence-corrected chi connectivity index (χ0v) is 12.4. The molecule has 0 radical (unpaired) electrons. The van der Waals surface area contributed by atoms with Gasteiger partial charge in [-0.05, 0) is 24.7 Å². The van der Waals surface area contributed by atoms with Gasteiger partial charge >= 0.3 is 0 Å². The molecule has 0 spiro atoms. The van der Waals surface area contributed by atoms with E-state index in [2.05, 4.69) is 22.4 Å². The van der Waals surface area contributed by atoms with Gasteiger partial charge in [-0.2, -0.15) is 20.8 Å². The third-order valence-corrected chi connectivity index (χ3v) is 3.78. The molecule has 0 aromatic rings. The lowest BCUT2D eigenvalue weighted by molar-refractivity contribution is 0.315. The van der Waals surface area contributed by atoms with Crippen LogP contribution in [0.1, 0.15) is 54.4 Å². The minimum atomic E-state index is -0.813. The Morgan fingerprint density at radius 2 is 1.11 bits per heavy atom. The maximum Gasteiger partial charge on any atom is 0.169 e. The summed E-state index contributed by atoms with van der Waals surface area (Å²) >= 11 is 0. The molecule has 0 heterocycles. The van der Waals surface area contributed by atoms with Gasteiger partial charge < -0.3 is 0 Å². The Labute approximate surface area is 111 Å². The van der Waals surface area contributed by atoms with E-state index in [1.807, 2.05) is 41.5 Å². The van der Waals surface area contributed by atoms with E-state index in [0.717, 1.165) is 0 Å². The van der Waals surface area contributed by atoms with Crippen molar-refractivity contribution >= 4 is 0 Å². The van der Waals surface area contributed by atoms with Crippen molar-refractivity contribution in [2.24, 2.45) is 22.1 Å². The van der Waals surface area contributed by atoms with E-state index >= 15 is 0 Å². The molecule has 0 amide bonds. The first-order valence-corrected chi connectivity index (χ1v) is 6.60. The molecule has 0 aliphatic rings. The van der Waals surface area contributed by atoms with Crippen LogP contribution in [0.15, 0.2) is 10.2 Å². The second-order valence-corrected chi connectivity index (χ2v) is 5.29. The van der Waals surface area contributed by atoms with Gasteiger partial charge in [-0.15, -0.1) is 0 Å². The molecule has 0 aliphatic heterocycles. The van der Waals surface area contributed by atoms with E-state index in [-0.39, 0.29) is 11.8 Å². The molecule has 4 heteroatoms. The molecule has 0 aliphatic carbocycles. The summed E-state index contributed by atoms with van der Waals surface area (Å²) in [6.45, 7) is 11.7. The molecule has 0 rings (SSSR count). The summed E-state index contributed by atoms with van der Waals surface area (Å²) in [5, 5.41) is 27.2. The van der Waals surface area contributed by atoms with Crippen LogP contribution in [0.2, 0.25) is 0 Å². The minimum absolute atomic E-state index is 0.0802. The van der Waals surface area contributed by atoms with Gasteiger partial charge in [-0.1, -0.05) is 41.5 Å². The number of hydrogen-bond acceptors (Lipinski definition) is 4. The van der Waals surface area contributed by atoms with Crippen LogP contribution < -0.4 is 0 Å². The second kappa shape index (κ2) is 6.50. The number of nitriles is 2. The Bertz CT molecular complexity index is 336. The zero-order chi connectivity index (χ0) is 14.4. The van der Waals surface area contributed by atoms with Crippen LogP contribution in [0.25, 0.3) is 0 Å². The Morgan fingerprint density at radius 1 is 0.833 bits per heavy atom. The lowest BCUT2D eigenvalue weighted by Crippen LogP contribution is -2.34.